The highest BCUT2D eigenvalue weighted by molar-refractivity contribution is 7.47. The summed E-state index contributed by atoms with van der Waals surface area (Å²) in [7, 11) is -9.91. The molecule has 0 fully saturated rings. The summed E-state index contributed by atoms with van der Waals surface area (Å²) in [6.07, 6.45) is 63.6. The van der Waals surface area contributed by atoms with Crippen molar-refractivity contribution in [2.75, 3.05) is 39.6 Å². The maximum atomic E-state index is 13.1. The molecule has 3 N–H and O–H groups in total. The molecule has 97 heavy (non-hydrogen) atoms. The first-order valence-corrected chi connectivity index (χ1v) is 43.8. The fraction of sp³-hybridized carbons (Fsp3) is 0.949. The Morgan fingerprint density at radius 3 is 0.608 bits per heavy atom. The molecule has 0 bridgehead atoms. The Morgan fingerprint density at radius 2 is 0.412 bits per heavy atom. The van der Waals surface area contributed by atoms with Gasteiger partial charge >= 0.3 is 39.5 Å². The van der Waals surface area contributed by atoms with E-state index in [1.165, 1.54) is 250 Å². The zero-order valence-corrected chi connectivity index (χ0v) is 64.8. The number of hydrogen-bond acceptors (Lipinski definition) is 15. The van der Waals surface area contributed by atoms with E-state index in [0.717, 1.165) is 89.9 Å². The number of carbonyl (C=O) groups is 4. The summed E-state index contributed by atoms with van der Waals surface area (Å²) >= 11 is 0. The molecular formula is C78H152O17P2. The number of aliphatic hydroxyl groups is 1. The summed E-state index contributed by atoms with van der Waals surface area (Å²) in [5.74, 6) is -2.10. The van der Waals surface area contributed by atoms with E-state index in [-0.39, 0.29) is 25.7 Å². The second-order valence-electron chi connectivity index (χ2n) is 28.1. The first-order chi connectivity index (χ1) is 47.2. The third-order valence-electron chi connectivity index (χ3n) is 18.4. The molecule has 0 aliphatic carbocycles. The van der Waals surface area contributed by atoms with Crippen LogP contribution >= 0.6 is 15.6 Å². The van der Waals surface area contributed by atoms with Crippen LogP contribution in [0.2, 0.25) is 0 Å². The lowest BCUT2D eigenvalue weighted by Gasteiger charge is -2.21. The molecule has 0 aromatic carbocycles. The Kier molecular flexibility index (Phi) is 71.0. The Labute approximate surface area is 594 Å². The van der Waals surface area contributed by atoms with E-state index in [1.54, 1.807) is 0 Å². The molecule has 0 saturated carbocycles. The first kappa shape index (κ1) is 95.1. The number of esters is 4. The van der Waals surface area contributed by atoms with Crippen molar-refractivity contribution in [2.45, 2.75) is 438 Å². The lowest BCUT2D eigenvalue weighted by Crippen LogP contribution is -2.30. The highest BCUT2D eigenvalue weighted by Gasteiger charge is 2.30. The van der Waals surface area contributed by atoms with Gasteiger partial charge in [0.2, 0.25) is 0 Å². The summed E-state index contributed by atoms with van der Waals surface area (Å²) in [5.41, 5.74) is 0. The summed E-state index contributed by atoms with van der Waals surface area (Å²) in [5, 5.41) is 10.6. The quantitative estimate of drug-likeness (QED) is 0.0222. The smallest absolute Gasteiger partial charge is 0.462 e. The second-order valence-corrected chi connectivity index (χ2v) is 31.0. The molecular weight excluding hydrogens is 1270 g/mol. The highest BCUT2D eigenvalue weighted by atomic mass is 31.2. The molecule has 0 rings (SSSR count). The minimum atomic E-state index is -4.96. The monoisotopic (exact) mass is 1420 g/mol. The Bertz CT molecular complexity index is 1840. The van der Waals surface area contributed by atoms with Crippen molar-refractivity contribution in [3.05, 3.63) is 0 Å². The van der Waals surface area contributed by atoms with Crippen molar-refractivity contribution in [1.82, 2.24) is 0 Å². The van der Waals surface area contributed by atoms with Gasteiger partial charge in [0.15, 0.2) is 12.2 Å². The predicted molar refractivity (Wildman–Crippen MR) is 395 cm³/mol. The van der Waals surface area contributed by atoms with Gasteiger partial charge in [0.25, 0.3) is 0 Å². The van der Waals surface area contributed by atoms with E-state index in [1.807, 2.05) is 0 Å². The van der Waals surface area contributed by atoms with Gasteiger partial charge in [-0.05, 0) is 25.7 Å². The fourth-order valence-corrected chi connectivity index (χ4v) is 13.7. The van der Waals surface area contributed by atoms with E-state index < -0.39 is 97.5 Å². The molecule has 0 heterocycles. The number of phosphoric ester groups is 2. The van der Waals surface area contributed by atoms with Gasteiger partial charge in [-0.25, -0.2) is 9.13 Å². The zero-order valence-electron chi connectivity index (χ0n) is 63.1. The standard InChI is InChI=1S/C78H152O17P2/c1-5-9-13-17-21-25-29-33-36-39-43-46-50-54-58-62-75(80)88-68-73(94-77(82)64-60-56-52-48-42-32-28-24-20-16-12-8-4)70-92-96(84,85)90-66-72(79)67-91-97(86,87)93-71-74(95-78(83)65-61-57-53-49-45-41-38-35-31-27-23-19-15-11-7-3)69-89-76(81)63-59-55-51-47-44-40-37-34-30-26-22-18-14-10-6-2/h72-74,79H,5-71H2,1-4H3,(H,84,85)(H,86,87)/t72-,73+,74+/m0/s1. The number of rotatable bonds is 79. The molecule has 576 valence electrons. The zero-order chi connectivity index (χ0) is 71.1. The third-order valence-corrected chi connectivity index (χ3v) is 20.3. The van der Waals surface area contributed by atoms with Crippen LogP contribution in [0.4, 0.5) is 0 Å². The lowest BCUT2D eigenvalue weighted by molar-refractivity contribution is -0.161. The van der Waals surface area contributed by atoms with E-state index in [0.29, 0.717) is 25.7 Å². The van der Waals surface area contributed by atoms with Gasteiger partial charge in [0.05, 0.1) is 26.4 Å². The number of ether oxygens (including phenoxy) is 4. The molecule has 0 spiro atoms. The molecule has 0 radical (unpaired) electrons. The van der Waals surface area contributed by atoms with Gasteiger partial charge in [-0.1, -0.05) is 368 Å². The topological polar surface area (TPSA) is 237 Å². The van der Waals surface area contributed by atoms with E-state index >= 15 is 0 Å². The summed E-state index contributed by atoms with van der Waals surface area (Å²) in [4.78, 5) is 72.9. The van der Waals surface area contributed by atoms with E-state index in [4.69, 9.17) is 37.0 Å². The Balaban J connectivity index is 5.25. The number of phosphoric acid groups is 2. The number of unbranched alkanes of at least 4 members (excludes halogenated alkanes) is 53. The first-order valence-electron chi connectivity index (χ1n) is 40.8. The molecule has 0 aliphatic rings. The van der Waals surface area contributed by atoms with Crippen LogP contribution in [0.3, 0.4) is 0 Å². The van der Waals surface area contributed by atoms with Gasteiger partial charge in [-0.2, -0.15) is 0 Å². The van der Waals surface area contributed by atoms with Crippen LogP contribution in [-0.2, 0) is 65.4 Å². The summed E-state index contributed by atoms with van der Waals surface area (Å²) in [6, 6.07) is 0. The van der Waals surface area contributed by atoms with Gasteiger partial charge in [-0.15, -0.1) is 0 Å². The lowest BCUT2D eigenvalue weighted by atomic mass is 10.0. The maximum Gasteiger partial charge on any atom is 0.472 e. The van der Waals surface area contributed by atoms with Crippen LogP contribution in [0.15, 0.2) is 0 Å². The highest BCUT2D eigenvalue weighted by Crippen LogP contribution is 2.45. The Morgan fingerprint density at radius 1 is 0.247 bits per heavy atom. The van der Waals surface area contributed by atoms with Gasteiger partial charge < -0.3 is 33.8 Å². The predicted octanol–water partition coefficient (Wildman–Crippen LogP) is 23.4. The number of hydrogen-bond donors (Lipinski definition) is 3. The molecule has 0 aliphatic heterocycles. The van der Waals surface area contributed by atoms with Crippen LogP contribution in [0.5, 0.6) is 0 Å². The van der Waals surface area contributed by atoms with Crippen molar-refractivity contribution >= 4 is 39.5 Å². The third kappa shape index (κ3) is 72.2. The SMILES string of the molecule is CCCCCCCCCCCCCCCCCC(=O)OC[C@H](COP(=O)(O)OC[C@H](O)COP(=O)(O)OC[C@@H](COC(=O)CCCCCCCCCCCCCCCCC)OC(=O)CCCCCCCCCCCCCCCCC)OC(=O)CCCCCCCCCCCCCC. The van der Waals surface area contributed by atoms with Crippen LogP contribution in [-0.4, -0.2) is 96.7 Å². The van der Waals surface area contributed by atoms with Crippen molar-refractivity contribution in [3.8, 4) is 0 Å². The summed E-state index contributed by atoms with van der Waals surface area (Å²) in [6.45, 7) is 5.02. The van der Waals surface area contributed by atoms with Crippen LogP contribution in [0.1, 0.15) is 419 Å². The van der Waals surface area contributed by atoms with Crippen molar-refractivity contribution < 1.29 is 80.2 Å². The largest absolute Gasteiger partial charge is 0.472 e. The molecule has 19 heteroatoms. The number of carbonyl (C=O) groups excluding carboxylic acids is 4. The number of aliphatic hydroxyl groups excluding tert-OH is 1. The molecule has 17 nitrogen and oxygen atoms in total. The fourth-order valence-electron chi connectivity index (χ4n) is 12.1. The van der Waals surface area contributed by atoms with Crippen molar-refractivity contribution in [1.29, 1.82) is 0 Å². The average molecular weight is 1420 g/mol. The van der Waals surface area contributed by atoms with Crippen molar-refractivity contribution in [2.24, 2.45) is 0 Å². The Hall–Kier alpha value is -1.94. The molecule has 0 amide bonds. The van der Waals surface area contributed by atoms with Crippen LogP contribution < -0.4 is 0 Å². The molecule has 0 aromatic rings. The molecule has 0 saturated heterocycles. The normalized spacial score (nSPS) is 13.8. The molecule has 5 atom stereocenters. The van der Waals surface area contributed by atoms with Gasteiger partial charge in [0.1, 0.15) is 19.3 Å². The summed E-state index contributed by atoms with van der Waals surface area (Å²) < 4.78 is 68.6. The average Bonchev–Trinajstić information content (AvgIpc) is 1.58. The molecule has 0 aromatic heterocycles. The van der Waals surface area contributed by atoms with Crippen LogP contribution in [0, 0.1) is 0 Å². The van der Waals surface area contributed by atoms with E-state index in [9.17, 15) is 43.2 Å². The minimum Gasteiger partial charge on any atom is -0.462 e. The second kappa shape index (κ2) is 72.4. The van der Waals surface area contributed by atoms with Crippen LogP contribution in [0.25, 0.3) is 0 Å². The minimum absolute atomic E-state index is 0.108. The van der Waals surface area contributed by atoms with Gasteiger partial charge in [0, 0.05) is 25.7 Å². The maximum absolute atomic E-state index is 13.1. The van der Waals surface area contributed by atoms with E-state index in [2.05, 4.69) is 27.7 Å². The molecule has 2 unspecified atom stereocenters. The van der Waals surface area contributed by atoms with Gasteiger partial charge in [-0.3, -0.25) is 37.3 Å². The van der Waals surface area contributed by atoms with Crippen molar-refractivity contribution in [3.63, 3.8) is 0 Å².